The summed E-state index contributed by atoms with van der Waals surface area (Å²) < 4.78 is 5.04. The number of carbonyl (C=O) groups is 1. The molecule has 3 nitrogen and oxygen atoms in total. The average Bonchev–Trinajstić information content (AvgIpc) is 2.39. The van der Waals surface area contributed by atoms with Crippen LogP contribution in [0.1, 0.15) is 44.1 Å². The molecule has 3 heteroatoms. The number of ether oxygens (including phenoxy) is 1. The van der Waals surface area contributed by atoms with Gasteiger partial charge in [-0.05, 0) is 43.6 Å². The van der Waals surface area contributed by atoms with Gasteiger partial charge in [0.2, 0.25) is 0 Å². The molecule has 0 aliphatic heterocycles. The lowest BCUT2D eigenvalue weighted by atomic mass is 9.75. The molecule has 0 unspecified atom stereocenters. The molecule has 1 saturated carbocycles. The molecule has 0 spiro atoms. The predicted octanol–water partition coefficient (Wildman–Crippen LogP) is 2.85. The second-order valence-electron chi connectivity index (χ2n) is 5.45. The molecule has 1 aromatic carbocycles. The number of carbonyl (C=O) groups excluding carboxylic acids is 1. The van der Waals surface area contributed by atoms with Gasteiger partial charge in [-0.25, -0.2) is 0 Å². The molecular formula is C16H23NO2. The molecule has 0 aromatic heterocycles. The van der Waals surface area contributed by atoms with Crippen molar-refractivity contribution in [3.8, 4) is 0 Å². The summed E-state index contributed by atoms with van der Waals surface area (Å²) in [5, 5.41) is 0. The summed E-state index contributed by atoms with van der Waals surface area (Å²) in [7, 11) is 0. The van der Waals surface area contributed by atoms with Crippen LogP contribution in [0.3, 0.4) is 0 Å². The highest BCUT2D eigenvalue weighted by atomic mass is 16.5. The van der Waals surface area contributed by atoms with Crippen LogP contribution >= 0.6 is 0 Å². The fourth-order valence-corrected chi connectivity index (χ4v) is 3.10. The number of benzene rings is 1. The Morgan fingerprint density at radius 1 is 1.26 bits per heavy atom. The van der Waals surface area contributed by atoms with E-state index in [0.717, 1.165) is 19.3 Å². The zero-order chi connectivity index (χ0) is 13.7. The molecule has 19 heavy (non-hydrogen) atoms. The van der Waals surface area contributed by atoms with Gasteiger partial charge in [-0.1, -0.05) is 30.3 Å². The average molecular weight is 261 g/mol. The van der Waals surface area contributed by atoms with Gasteiger partial charge >= 0.3 is 5.97 Å². The lowest BCUT2D eigenvalue weighted by Gasteiger charge is -2.33. The third kappa shape index (κ3) is 4.06. The van der Waals surface area contributed by atoms with E-state index in [1.807, 2.05) is 13.0 Å². The fraction of sp³-hybridized carbons (Fsp3) is 0.562. The van der Waals surface area contributed by atoms with Crippen molar-refractivity contribution in [1.82, 2.24) is 0 Å². The Bertz CT molecular complexity index is 404. The minimum Gasteiger partial charge on any atom is -0.466 e. The highest BCUT2D eigenvalue weighted by Gasteiger charge is 2.29. The van der Waals surface area contributed by atoms with Gasteiger partial charge in [0, 0.05) is 12.5 Å². The third-order valence-corrected chi connectivity index (χ3v) is 3.87. The molecule has 0 radical (unpaired) electrons. The highest BCUT2D eigenvalue weighted by molar-refractivity contribution is 5.69. The van der Waals surface area contributed by atoms with Crippen LogP contribution < -0.4 is 5.73 Å². The fourth-order valence-electron chi connectivity index (χ4n) is 3.10. The van der Waals surface area contributed by atoms with Crippen LogP contribution in [0.15, 0.2) is 30.3 Å². The summed E-state index contributed by atoms with van der Waals surface area (Å²) in [6.45, 7) is 2.30. The van der Waals surface area contributed by atoms with Gasteiger partial charge in [-0.15, -0.1) is 0 Å². The van der Waals surface area contributed by atoms with Crippen LogP contribution in [0.2, 0.25) is 0 Å². The van der Waals surface area contributed by atoms with Gasteiger partial charge in [0.1, 0.15) is 0 Å². The zero-order valence-corrected chi connectivity index (χ0v) is 11.5. The van der Waals surface area contributed by atoms with Crippen molar-refractivity contribution < 1.29 is 9.53 Å². The molecule has 2 rings (SSSR count). The summed E-state index contributed by atoms with van der Waals surface area (Å²) in [5.74, 6) is 0.741. The van der Waals surface area contributed by atoms with E-state index < -0.39 is 0 Å². The Kier molecular flexibility index (Phi) is 4.97. The molecular weight excluding hydrogens is 238 g/mol. The van der Waals surface area contributed by atoms with E-state index in [9.17, 15) is 4.79 Å². The molecule has 1 aliphatic carbocycles. The number of hydrogen-bond donors (Lipinski definition) is 1. The lowest BCUT2D eigenvalue weighted by Crippen LogP contribution is -2.33. The van der Waals surface area contributed by atoms with E-state index in [0.29, 0.717) is 24.9 Å². The largest absolute Gasteiger partial charge is 0.466 e. The SMILES string of the molecule is CCOC(=O)C[C@H]1C[C@H](N)C[C@@H](c2ccccc2)C1. The Morgan fingerprint density at radius 3 is 2.68 bits per heavy atom. The van der Waals surface area contributed by atoms with Crippen molar-refractivity contribution in [2.75, 3.05) is 6.61 Å². The maximum atomic E-state index is 11.6. The monoisotopic (exact) mass is 261 g/mol. The van der Waals surface area contributed by atoms with Gasteiger partial charge in [-0.3, -0.25) is 4.79 Å². The predicted molar refractivity (Wildman–Crippen MR) is 75.7 cm³/mol. The summed E-state index contributed by atoms with van der Waals surface area (Å²) in [6, 6.07) is 10.7. The minimum atomic E-state index is -0.0894. The number of hydrogen-bond acceptors (Lipinski definition) is 3. The van der Waals surface area contributed by atoms with E-state index in [-0.39, 0.29) is 12.0 Å². The first-order valence-corrected chi connectivity index (χ1v) is 7.15. The van der Waals surface area contributed by atoms with Gasteiger partial charge in [-0.2, -0.15) is 0 Å². The van der Waals surface area contributed by atoms with E-state index in [1.165, 1.54) is 5.56 Å². The molecule has 1 fully saturated rings. The molecule has 0 saturated heterocycles. The summed E-state index contributed by atoms with van der Waals surface area (Å²) in [6.07, 6.45) is 3.49. The molecule has 3 atom stereocenters. The lowest BCUT2D eigenvalue weighted by molar-refractivity contribution is -0.144. The number of esters is 1. The van der Waals surface area contributed by atoms with Crippen LogP contribution in [0.5, 0.6) is 0 Å². The Morgan fingerprint density at radius 2 is 2.00 bits per heavy atom. The first-order chi connectivity index (χ1) is 9.19. The maximum Gasteiger partial charge on any atom is 0.306 e. The van der Waals surface area contributed by atoms with Crippen molar-refractivity contribution in [3.05, 3.63) is 35.9 Å². The summed E-state index contributed by atoms with van der Waals surface area (Å²) in [5.41, 5.74) is 7.49. The third-order valence-electron chi connectivity index (χ3n) is 3.87. The van der Waals surface area contributed by atoms with Crippen LogP contribution in [0.4, 0.5) is 0 Å². The molecule has 0 bridgehead atoms. The minimum absolute atomic E-state index is 0.0894. The summed E-state index contributed by atoms with van der Waals surface area (Å²) >= 11 is 0. The topological polar surface area (TPSA) is 52.3 Å². The normalized spacial score (nSPS) is 26.9. The standard InChI is InChI=1S/C16H23NO2/c1-2-19-16(18)10-12-8-14(11-15(17)9-12)13-6-4-3-5-7-13/h3-7,12,14-15H,2,8-11,17H2,1H3/t12-,14+,15+/m1/s1. The van der Waals surface area contributed by atoms with Crippen molar-refractivity contribution >= 4 is 5.97 Å². The maximum absolute atomic E-state index is 11.6. The molecule has 1 aliphatic rings. The zero-order valence-electron chi connectivity index (χ0n) is 11.5. The van der Waals surface area contributed by atoms with Gasteiger partial charge in [0.25, 0.3) is 0 Å². The Labute approximate surface area is 115 Å². The van der Waals surface area contributed by atoms with Crippen LogP contribution in [-0.2, 0) is 9.53 Å². The molecule has 0 amide bonds. The quantitative estimate of drug-likeness (QED) is 0.848. The van der Waals surface area contributed by atoms with Gasteiger partial charge in [0.05, 0.1) is 6.61 Å². The van der Waals surface area contributed by atoms with Crippen LogP contribution in [-0.4, -0.2) is 18.6 Å². The smallest absolute Gasteiger partial charge is 0.306 e. The van der Waals surface area contributed by atoms with Crippen molar-refractivity contribution in [1.29, 1.82) is 0 Å². The van der Waals surface area contributed by atoms with E-state index >= 15 is 0 Å². The van der Waals surface area contributed by atoms with Crippen LogP contribution in [0.25, 0.3) is 0 Å². The van der Waals surface area contributed by atoms with Crippen molar-refractivity contribution in [3.63, 3.8) is 0 Å². The first-order valence-electron chi connectivity index (χ1n) is 7.15. The first kappa shape index (κ1) is 14.1. The van der Waals surface area contributed by atoms with Gasteiger partial charge in [0.15, 0.2) is 0 Å². The summed E-state index contributed by atoms with van der Waals surface area (Å²) in [4.78, 5) is 11.6. The second kappa shape index (κ2) is 6.71. The number of rotatable bonds is 4. The van der Waals surface area contributed by atoms with E-state index in [4.69, 9.17) is 10.5 Å². The van der Waals surface area contributed by atoms with E-state index in [1.54, 1.807) is 0 Å². The van der Waals surface area contributed by atoms with Crippen molar-refractivity contribution in [2.24, 2.45) is 11.7 Å². The molecule has 0 heterocycles. The Hall–Kier alpha value is -1.35. The highest BCUT2D eigenvalue weighted by Crippen LogP contribution is 2.37. The second-order valence-corrected chi connectivity index (χ2v) is 5.45. The Balaban J connectivity index is 1.98. The van der Waals surface area contributed by atoms with E-state index in [2.05, 4.69) is 24.3 Å². The van der Waals surface area contributed by atoms with Gasteiger partial charge < -0.3 is 10.5 Å². The van der Waals surface area contributed by atoms with Crippen LogP contribution in [0, 0.1) is 5.92 Å². The molecule has 104 valence electrons. The molecule has 1 aromatic rings. The molecule has 2 N–H and O–H groups in total. The number of nitrogens with two attached hydrogens (primary N) is 1. The van der Waals surface area contributed by atoms with Crippen molar-refractivity contribution in [2.45, 2.75) is 44.6 Å².